The third-order valence-corrected chi connectivity index (χ3v) is 5.25. The third kappa shape index (κ3) is 4.83. The second kappa shape index (κ2) is 9.84. The van der Waals surface area contributed by atoms with Crippen molar-refractivity contribution in [1.82, 2.24) is 14.9 Å². The minimum absolute atomic E-state index is 0.0307. The predicted molar refractivity (Wildman–Crippen MR) is 113 cm³/mol. The van der Waals surface area contributed by atoms with Crippen LogP contribution in [0.2, 0.25) is 5.15 Å². The Labute approximate surface area is 184 Å². The Hall–Kier alpha value is -3.04. The second-order valence-corrected chi connectivity index (χ2v) is 7.29. The summed E-state index contributed by atoms with van der Waals surface area (Å²) >= 11 is 6.12. The Morgan fingerprint density at radius 1 is 1.32 bits per heavy atom. The number of ether oxygens (including phenoxy) is 1. The maximum atomic E-state index is 13.2. The van der Waals surface area contributed by atoms with Crippen LogP contribution >= 0.6 is 11.6 Å². The summed E-state index contributed by atoms with van der Waals surface area (Å²) in [4.78, 5) is 48.4. The van der Waals surface area contributed by atoms with Crippen LogP contribution in [0.5, 0.6) is 0 Å². The van der Waals surface area contributed by atoms with E-state index in [9.17, 15) is 19.5 Å². The van der Waals surface area contributed by atoms with Crippen molar-refractivity contribution in [3.63, 3.8) is 0 Å². The fourth-order valence-electron chi connectivity index (χ4n) is 3.47. The lowest BCUT2D eigenvalue weighted by Crippen LogP contribution is -2.41. The van der Waals surface area contributed by atoms with E-state index in [1.807, 2.05) is 0 Å². The standard InChI is InChI=1S/C21H23ClN4O5/c1-3-31-17(28)11-25-7-6-14-10-15(4-5-16(14)20(25)29)26(8-9-27)21(30)18-13(2)23-12-24-19(18)22/h4-5,10,12,27H,3,6-9,11H2,1-2H3. The summed E-state index contributed by atoms with van der Waals surface area (Å²) in [5, 5.41) is 9.54. The van der Waals surface area contributed by atoms with Crippen molar-refractivity contribution in [2.75, 3.05) is 37.7 Å². The number of aliphatic hydroxyl groups excluding tert-OH is 1. The molecule has 1 aliphatic heterocycles. The number of aryl methyl sites for hydroxylation is 1. The largest absolute Gasteiger partial charge is 0.465 e. The molecule has 0 aliphatic carbocycles. The highest BCUT2D eigenvalue weighted by molar-refractivity contribution is 6.33. The fraction of sp³-hybridized carbons (Fsp3) is 0.381. The number of aromatic nitrogens is 2. The Balaban J connectivity index is 1.89. The highest BCUT2D eigenvalue weighted by Gasteiger charge is 2.28. The van der Waals surface area contributed by atoms with E-state index >= 15 is 0 Å². The van der Waals surface area contributed by atoms with Gasteiger partial charge in [0.1, 0.15) is 18.0 Å². The number of fused-ring (bicyclic) bond motifs is 1. The molecule has 0 saturated carbocycles. The average Bonchev–Trinajstić information content (AvgIpc) is 2.74. The molecule has 0 atom stereocenters. The molecule has 9 nitrogen and oxygen atoms in total. The quantitative estimate of drug-likeness (QED) is 0.508. The number of carbonyl (C=O) groups is 3. The van der Waals surface area contributed by atoms with Gasteiger partial charge < -0.3 is 19.6 Å². The molecule has 0 unspecified atom stereocenters. The second-order valence-electron chi connectivity index (χ2n) is 6.93. The van der Waals surface area contributed by atoms with E-state index < -0.39 is 11.9 Å². The van der Waals surface area contributed by atoms with Gasteiger partial charge in [-0.2, -0.15) is 0 Å². The zero-order valence-electron chi connectivity index (χ0n) is 17.3. The average molecular weight is 447 g/mol. The van der Waals surface area contributed by atoms with Gasteiger partial charge in [0, 0.05) is 24.3 Å². The first-order chi connectivity index (χ1) is 14.9. The van der Waals surface area contributed by atoms with Gasteiger partial charge in [-0.15, -0.1) is 0 Å². The number of esters is 1. The van der Waals surface area contributed by atoms with Gasteiger partial charge in [0.25, 0.3) is 11.8 Å². The number of halogens is 1. The summed E-state index contributed by atoms with van der Waals surface area (Å²) < 4.78 is 4.92. The number of benzene rings is 1. The van der Waals surface area contributed by atoms with Crippen LogP contribution in [0.3, 0.4) is 0 Å². The van der Waals surface area contributed by atoms with E-state index in [1.54, 1.807) is 32.0 Å². The molecule has 0 saturated heterocycles. The van der Waals surface area contributed by atoms with E-state index in [0.717, 1.165) is 5.56 Å². The lowest BCUT2D eigenvalue weighted by Gasteiger charge is -2.29. The molecule has 0 radical (unpaired) electrons. The molecule has 10 heteroatoms. The van der Waals surface area contributed by atoms with Gasteiger partial charge in [-0.05, 0) is 44.0 Å². The number of anilines is 1. The number of nitrogens with zero attached hydrogens (tertiary/aromatic N) is 4. The smallest absolute Gasteiger partial charge is 0.325 e. The Morgan fingerprint density at radius 3 is 2.77 bits per heavy atom. The lowest BCUT2D eigenvalue weighted by molar-refractivity contribution is -0.143. The minimum atomic E-state index is -0.451. The molecule has 1 aliphatic rings. The zero-order chi connectivity index (χ0) is 22.5. The summed E-state index contributed by atoms with van der Waals surface area (Å²) in [5.74, 6) is -1.16. The predicted octanol–water partition coefficient (Wildman–Crippen LogP) is 1.64. The van der Waals surface area contributed by atoms with Gasteiger partial charge in [0.15, 0.2) is 0 Å². The fourth-order valence-corrected chi connectivity index (χ4v) is 3.74. The van der Waals surface area contributed by atoms with Gasteiger partial charge in [-0.3, -0.25) is 14.4 Å². The summed E-state index contributed by atoms with van der Waals surface area (Å²) in [6.07, 6.45) is 1.79. The van der Waals surface area contributed by atoms with E-state index in [0.29, 0.717) is 29.9 Å². The first kappa shape index (κ1) is 22.6. The number of hydrogen-bond donors (Lipinski definition) is 1. The molecule has 1 N–H and O–H groups in total. The monoisotopic (exact) mass is 446 g/mol. The Morgan fingerprint density at radius 2 is 2.10 bits per heavy atom. The van der Waals surface area contributed by atoms with Crippen LogP contribution in [0.4, 0.5) is 5.69 Å². The highest BCUT2D eigenvalue weighted by Crippen LogP contribution is 2.27. The summed E-state index contributed by atoms with van der Waals surface area (Å²) in [5.41, 5.74) is 2.32. The van der Waals surface area contributed by atoms with Crippen LogP contribution in [0.15, 0.2) is 24.5 Å². The molecule has 1 aromatic carbocycles. The van der Waals surface area contributed by atoms with E-state index in [1.165, 1.54) is 16.1 Å². The van der Waals surface area contributed by atoms with Crippen LogP contribution < -0.4 is 4.90 Å². The molecule has 0 bridgehead atoms. The van der Waals surface area contributed by atoms with Gasteiger partial charge in [-0.25, -0.2) is 9.97 Å². The first-order valence-electron chi connectivity index (χ1n) is 9.85. The van der Waals surface area contributed by atoms with Crippen molar-refractivity contribution in [2.45, 2.75) is 20.3 Å². The molecule has 0 spiro atoms. The first-order valence-corrected chi connectivity index (χ1v) is 10.2. The number of rotatable bonds is 7. The molecule has 0 fully saturated rings. The molecule has 2 aromatic rings. The number of amides is 2. The molecule has 164 valence electrons. The zero-order valence-corrected chi connectivity index (χ0v) is 18.1. The van der Waals surface area contributed by atoms with Crippen LogP contribution in [0.1, 0.15) is 38.9 Å². The molecule has 2 amide bonds. The van der Waals surface area contributed by atoms with Crippen LogP contribution in [-0.2, 0) is 16.0 Å². The maximum absolute atomic E-state index is 13.2. The van der Waals surface area contributed by atoms with Crippen molar-refractivity contribution in [3.8, 4) is 0 Å². The van der Waals surface area contributed by atoms with Crippen molar-refractivity contribution >= 4 is 35.1 Å². The van der Waals surface area contributed by atoms with Gasteiger partial charge in [0.2, 0.25) is 0 Å². The van der Waals surface area contributed by atoms with Gasteiger partial charge in [-0.1, -0.05) is 11.6 Å². The third-order valence-electron chi connectivity index (χ3n) is 4.97. The molecular formula is C21H23ClN4O5. The van der Waals surface area contributed by atoms with E-state index in [2.05, 4.69) is 9.97 Å². The minimum Gasteiger partial charge on any atom is -0.465 e. The topological polar surface area (TPSA) is 113 Å². The lowest BCUT2D eigenvalue weighted by atomic mass is 9.97. The van der Waals surface area contributed by atoms with Gasteiger partial charge in [0.05, 0.1) is 24.5 Å². The normalized spacial score (nSPS) is 13.0. The molecular weight excluding hydrogens is 424 g/mol. The van der Waals surface area contributed by atoms with Crippen molar-refractivity contribution in [2.24, 2.45) is 0 Å². The van der Waals surface area contributed by atoms with Crippen LogP contribution in [-0.4, -0.2) is 70.6 Å². The summed E-state index contributed by atoms with van der Waals surface area (Å²) in [6, 6.07) is 5.00. The van der Waals surface area contributed by atoms with E-state index in [4.69, 9.17) is 16.3 Å². The van der Waals surface area contributed by atoms with Crippen LogP contribution in [0.25, 0.3) is 0 Å². The molecule has 2 heterocycles. The van der Waals surface area contributed by atoms with E-state index in [-0.39, 0.29) is 42.9 Å². The van der Waals surface area contributed by atoms with Crippen molar-refractivity contribution < 1.29 is 24.2 Å². The number of carbonyl (C=O) groups excluding carboxylic acids is 3. The SMILES string of the molecule is CCOC(=O)CN1CCc2cc(N(CCO)C(=O)c3c(C)ncnc3Cl)ccc2C1=O. The van der Waals surface area contributed by atoms with Crippen LogP contribution in [0, 0.1) is 6.92 Å². The number of hydrogen-bond acceptors (Lipinski definition) is 7. The summed E-state index contributed by atoms with van der Waals surface area (Å²) in [6.45, 7) is 3.65. The van der Waals surface area contributed by atoms with Crippen molar-refractivity contribution in [3.05, 3.63) is 52.1 Å². The Kier molecular flexibility index (Phi) is 7.19. The Bertz CT molecular complexity index is 993. The van der Waals surface area contributed by atoms with Crippen molar-refractivity contribution in [1.29, 1.82) is 0 Å². The molecule has 3 rings (SSSR count). The molecule has 31 heavy (non-hydrogen) atoms. The van der Waals surface area contributed by atoms with Gasteiger partial charge >= 0.3 is 5.97 Å². The maximum Gasteiger partial charge on any atom is 0.325 e. The number of aliphatic hydroxyl groups is 1. The summed E-state index contributed by atoms with van der Waals surface area (Å²) in [7, 11) is 0. The highest BCUT2D eigenvalue weighted by atomic mass is 35.5. The molecule has 1 aromatic heterocycles.